The van der Waals surface area contributed by atoms with Crippen LogP contribution in [0.4, 0.5) is 0 Å². The average Bonchev–Trinajstić information content (AvgIpc) is 2.21. The van der Waals surface area contributed by atoms with E-state index in [1.807, 2.05) is 0 Å². The molecule has 0 spiro atoms. The van der Waals surface area contributed by atoms with Crippen molar-refractivity contribution in [2.45, 2.75) is 37.6 Å². The van der Waals surface area contributed by atoms with Crippen LogP contribution in [0.25, 0.3) is 0 Å². The van der Waals surface area contributed by atoms with Crippen LogP contribution < -0.4 is 5.32 Å². The molecule has 1 saturated carbocycles. The molecule has 3 heteroatoms. The molecule has 1 N–H and O–H groups in total. The van der Waals surface area contributed by atoms with Crippen molar-refractivity contribution in [3.8, 4) is 0 Å². The molecule has 1 unspecified atom stereocenters. The Bertz CT molecular complexity index is 236. The molecule has 0 amide bonds. The maximum Gasteiger partial charge on any atom is 0.0327 e. The van der Waals surface area contributed by atoms with Crippen molar-refractivity contribution in [3.63, 3.8) is 0 Å². The summed E-state index contributed by atoms with van der Waals surface area (Å²) in [6.45, 7) is 4.96. The first-order valence-electron chi connectivity index (χ1n) is 7.19. The zero-order chi connectivity index (χ0) is 12.3. The number of hydrogen-bond donors (Lipinski definition) is 1. The normalized spacial score (nSPS) is 29.3. The van der Waals surface area contributed by atoms with E-state index in [2.05, 4.69) is 36.3 Å². The van der Waals surface area contributed by atoms with Gasteiger partial charge in [0.1, 0.15) is 0 Å². The van der Waals surface area contributed by atoms with Crippen molar-refractivity contribution in [1.82, 2.24) is 15.1 Å². The Hall–Kier alpha value is -0.120. The largest absolute Gasteiger partial charge is 0.315 e. The molecule has 2 aliphatic rings. The van der Waals surface area contributed by atoms with Gasteiger partial charge < -0.3 is 15.1 Å². The van der Waals surface area contributed by atoms with Crippen molar-refractivity contribution in [2.24, 2.45) is 5.92 Å². The Balaban J connectivity index is 1.68. The topological polar surface area (TPSA) is 18.5 Å². The highest BCUT2D eigenvalue weighted by Gasteiger charge is 2.38. The highest BCUT2D eigenvalue weighted by molar-refractivity contribution is 4.97. The van der Waals surface area contributed by atoms with Gasteiger partial charge in [-0.3, -0.25) is 0 Å². The summed E-state index contributed by atoms with van der Waals surface area (Å²) in [7, 11) is 6.71. The maximum atomic E-state index is 3.73. The van der Waals surface area contributed by atoms with Gasteiger partial charge in [-0.15, -0.1) is 0 Å². The highest BCUT2D eigenvalue weighted by Crippen LogP contribution is 2.35. The fraction of sp³-hybridized carbons (Fsp3) is 1.00. The number of piperidine rings is 1. The van der Waals surface area contributed by atoms with Gasteiger partial charge in [0.05, 0.1) is 0 Å². The van der Waals surface area contributed by atoms with Gasteiger partial charge in [0.25, 0.3) is 0 Å². The van der Waals surface area contributed by atoms with Gasteiger partial charge in [0.2, 0.25) is 0 Å². The molecule has 1 saturated heterocycles. The standard InChI is InChI=1S/C14H29N3/c1-16(2)14(7-5-8-14)12-15-10-13-6-4-9-17(3)11-13/h13,15H,4-12H2,1-3H3. The number of nitrogens with zero attached hydrogens (tertiary/aromatic N) is 2. The van der Waals surface area contributed by atoms with Crippen LogP contribution in [0.1, 0.15) is 32.1 Å². The Kier molecular flexibility index (Phi) is 4.45. The molecular weight excluding hydrogens is 210 g/mol. The van der Waals surface area contributed by atoms with E-state index in [-0.39, 0.29) is 0 Å². The molecule has 1 aliphatic heterocycles. The quantitative estimate of drug-likeness (QED) is 0.782. The maximum absolute atomic E-state index is 3.73. The van der Waals surface area contributed by atoms with Crippen molar-refractivity contribution in [3.05, 3.63) is 0 Å². The second-order valence-electron chi connectivity index (χ2n) is 6.37. The van der Waals surface area contributed by atoms with Crippen LogP contribution in [0.2, 0.25) is 0 Å². The summed E-state index contributed by atoms with van der Waals surface area (Å²) in [5.74, 6) is 0.869. The lowest BCUT2D eigenvalue weighted by molar-refractivity contribution is 0.0579. The molecule has 2 rings (SSSR count). The first-order valence-corrected chi connectivity index (χ1v) is 7.19. The van der Waals surface area contributed by atoms with E-state index in [0.29, 0.717) is 5.54 Å². The molecule has 0 bridgehead atoms. The van der Waals surface area contributed by atoms with Crippen LogP contribution in [0.5, 0.6) is 0 Å². The number of likely N-dealkylation sites (tertiary alicyclic amines) is 1. The van der Waals surface area contributed by atoms with E-state index in [4.69, 9.17) is 0 Å². The van der Waals surface area contributed by atoms with Crippen molar-refractivity contribution in [2.75, 3.05) is 47.3 Å². The fourth-order valence-electron chi connectivity index (χ4n) is 3.32. The predicted octanol–water partition coefficient (Wildman–Crippen LogP) is 1.40. The Morgan fingerprint density at radius 2 is 2.06 bits per heavy atom. The smallest absolute Gasteiger partial charge is 0.0327 e. The molecule has 3 nitrogen and oxygen atoms in total. The SMILES string of the molecule is CN1CCCC(CNCC2(N(C)C)CCC2)C1. The summed E-state index contributed by atoms with van der Waals surface area (Å²) in [5, 5.41) is 3.73. The molecule has 2 fully saturated rings. The van der Waals surface area contributed by atoms with Gasteiger partial charge in [-0.25, -0.2) is 0 Å². The van der Waals surface area contributed by atoms with Gasteiger partial charge >= 0.3 is 0 Å². The third kappa shape index (κ3) is 3.21. The number of hydrogen-bond acceptors (Lipinski definition) is 3. The second kappa shape index (κ2) is 5.68. The molecule has 1 heterocycles. The van der Waals surface area contributed by atoms with E-state index < -0.39 is 0 Å². The minimum atomic E-state index is 0.473. The lowest BCUT2D eigenvalue weighted by atomic mass is 9.75. The van der Waals surface area contributed by atoms with Crippen LogP contribution in [-0.4, -0.2) is 62.7 Å². The van der Waals surface area contributed by atoms with Crippen LogP contribution in [0.3, 0.4) is 0 Å². The number of rotatable bonds is 5. The summed E-state index contributed by atoms with van der Waals surface area (Å²) < 4.78 is 0. The monoisotopic (exact) mass is 239 g/mol. The van der Waals surface area contributed by atoms with E-state index in [1.54, 1.807) is 0 Å². The predicted molar refractivity (Wildman–Crippen MR) is 73.4 cm³/mol. The summed E-state index contributed by atoms with van der Waals surface area (Å²) in [4.78, 5) is 4.90. The van der Waals surface area contributed by atoms with Gasteiger partial charge in [-0.05, 0) is 72.3 Å². The summed E-state index contributed by atoms with van der Waals surface area (Å²) in [6, 6.07) is 0. The average molecular weight is 239 g/mol. The Labute approximate surface area is 107 Å². The minimum Gasteiger partial charge on any atom is -0.315 e. The van der Waals surface area contributed by atoms with Crippen LogP contribution in [-0.2, 0) is 0 Å². The molecule has 100 valence electrons. The summed E-state index contributed by atoms with van der Waals surface area (Å²) in [5.41, 5.74) is 0.473. The van der Waals surface area contributed by atoms with Crippen molar-refractivity contribution < 1.29 is 0 Å². The van der Waals surface area contributed by atoms with Crippen molar-refractivity contribution in [1.29, 1.82) is 0 Å². The van der Waals surface area contributed by atoms with Crippen LogP contribution in [0.15, 0.2) is 0 Å². The lowest BCUT2D eigenvalue weighted by Crippen LogP contribution is -2.57. The zero-order valence-electron chi connectivity index (χ0n) is 11.8. The molecule has 0 radical (unpaired) electrons. The summed E-state index contributed by atoms with van der Waals surface area (Å²) >= 11 is 0. The number of nitrogens with one attached hydrogen (secondary N) is 1. The van der Waals surface area contributed by atoms with E-state index >= 15 is 0 Å². The molecule has 1 aliphatic carbocycles. The third-order valence-corrected chi connectivity index (χ3v) is 4.84. The highest BCUT2D eigenvalue weighted by atomic mass is 15.2. The zero-order valence-corrected chi connectivity index (χ0v) is 11.8. The fourth-order valence-corrected chi connectivity index (χ4v) is 3.32. The lowest BCUT2D eigenvalue weighted by Gasteiger charge is -2.48. The van der Waals surface area contributed by atoms with E-state index in [9.17, 15) is 0 Å². The number of likely N-dealkylation sites (N-methyl/N-ethyl adjacent to an activating group) is 1. The Morgan fingerprint density at radius 1 is 1.29 bits per heavy atom. The summed E-state index contributed by atoms with van der Waals surface area (Å²) in [6.07, 6.45) is 6.94. The van der Waals surface area contributed by atoms with Crippen LogP contribution >= 0.6 is 0 Å². The van der Waals surface area contributed by atoms with Gasteiger partial charge in [0.15, 0.2) is 0 Å². The van der Waals surface area contributed by atoms with Crippen LogP contribution in [0, 0.1) is 5.92 Å². The molecule has 0 aromatic heterocycles. The van der Waals surface area contributed by atoms with Crippen molar-refractivity contribution >= 4 is 0 Å². The molecular formula is C14H29N3. The first kappa shape index (κ1) is 13.3. The molecule has 0 aromatic rings. The second-order valence-corrected chi connectivity index (χ2v) is 6.37. The third-order valence-electron chi connectivity index (χ3n) is 4.84. The Morgan fingerprint density at radius 3 is 2.59 bits per heavy atom. The minimum absolute atomic E-state index is 0.473. The van der Waals surface area contributed by atoms with Gasteiger partial charge in [-0.1, -0.05) is 0 Å². The first-order chi connectivity index (χ1) is 8.12. The van der Waals surface area contributed by atoms with Gasteiger partial charge in [0, 0.05) is 18.6 Å². The van der Waals surface area contributed by atoms with E-state index in [1.165, 1.54) is 58.3 Å². The molecule has 0 aromatic carbocycles. The molecule has 1 atom stereocenters. The van der Waals surface area contributed by atoms with E-state index in [0.717, 1.165) is 5.92 Å². The molecule has 17 heavy (non-hydrogen) atoms. The van der Waals surface area contributed by atoms with Gasteiger partial charge in [-0.2, -0.15) is 0 Å².